The largest absolute Gasteiger partial charge is 0.481 e. The van der Waals surface area contributed by atoms with Gasteiger partial charge in [0.15, 0.2) is 0 Å². The molecule has 1 fully saturated rings. The molecule has 1 aromatic carbocycles. The molecule has 1 aliphatic heterocycles. The van der Waals surface area contributed by atoms with E-state index in [2.05, 4.69) is 15.3 Å². The van der Waals surface area contributed by atoms with Gasteiger partial charge in [-0.2, -0.15) is 0 Å². The number of carbonyl (C=O) groups is 1. The minimum absolute atomic E-state index is 0.0596. The molecule has 1 aromatic heterocycles. The van der Waals surface area contributed by atoms with Crippen LogP contribution in [0.2, 0.25) is 0 Å². The maximum atomic E-state index is 11.0. The van der Waals surface area contributed by atoms with E-state index in [1.54, 1.807) is 13.3 Å². The van der Waals surface area contributed by atoms with Crippen molar-refractivity contribution in [1.29, 1.82) is 0 Å². The third kappa shape index (κ3) is 2.30. The first-order valence-electron chi connectivity index (χ1n) is 6.44. The molecular formula is C14H15N3O3. The Labute approximate surface area is 115 Å². The van der Waals surface area contributed by atoms with Gasteiger partial charge in [0.1, 0.15) is 0 Å². The number of hydrogen-bond donors (Lipinski definition) is 2. The second-order valence-corrected chi connectivity index (χ2v) is 4.89. The Balaban J connectivity index is 1.88. The molecule has 0 saturated carbocycles. The number of rotatable bonds is 3. The first kappa shape index (κ1) is 12.8. The zero-order valence-electron chi connectivity index (χ0n) is 11.0. The molecule has 2 N–H and O–H groups in total. The van der Waals surface area contributed by atoms with Gasteiger partial charge in [-0.3, -0.25) is 4.79 Å². The molecule has 1 saturated heterocycles. The molecule has 2 atom stereocenters. The number of aliphatic carboxylic acids is 1. The summed E-state index contributed by atoms with van der Waals surface area (Å²) >= 11 is 0. The van der Waals surface area contributed by atoms with Gasteiger partial charge in [0.2, 0.25) is 5.88 Å². The number of nitrogens with one attached hydrogen (secondary N) is 1. The van der Waals surface area contributed by atoms with E-state index in [9.17, 15) is 4.79 Å². The number of ether oxygens (including phenoxy) is 1. The monoisotopic (exact) mass is 273 g/mol. The first-order chi connectivity index (χ1) is 9.67. The molecule has 3 rings (SSSR count). The van der Waals surface area contributed by atoms with E-state index < -0.39 is 5.97 Å². The predicted molar refractivity (Wildman–Crippen MR) is 72.6 cm³/mol. The van der Waals surface area contributed by atoms with Crippen LogP contribution >= 0.6 is 0 Å². The van der Waals surface area contributed by atoms with Crippen LogP contribution < -0.4 is 10.1 Å². The van der Waals surface area contributed by atoms with Gasteiger partial charge in [-0.1, -0.05) is 6.07 Å². The molecule has 6 heteroatoms. The van der Waals surface area contributed by atoms with Crippen molar-refractivity contribution in [3.8, 4) is 5.88 Å². The van der Waals surface area contributed by atoms with Gasteiger partial charge in [0.25, 0.3) is 0 Å². The fraction of sp³-hybridized carbons (Fsp3) is 0.357. The van der Waals surface area contributed by atoms with Gasteiger partial charge < -0.3 is 15.2 Å². The van der Waals surface area contributed by atoms with Crippen molar-refractivity contribution < 1.29 is 14.6 Å². The maximum Gasteiger partial charge on any atom is 0.307 e. The number of aromatic nitrogens is 2. The third-order valence-corrected chi connectivity index (χ3v) is 3.64. The zero-order valence-corrected chi connectivity index (χ0v) is 11.0. The highest BCUT2D eigenvalue weighted by Gasteiger charge is 2.30. The van der Waals surface area contributed by atoms with Crippen molar-refractivity contribution >= 4 is 17.0 Å². The highest BCUT2D eigenvalue weighted by molar-refractivity contribution is 5.75. The smallest absolute Gasteiger partial charge is 0.307 e. The van der Waals surface area contributed by atoms with Crippen LogP contribution in [0.5, 0.6) is 5.88 Å². The second kappa shape index (κ2) is 5.05. The molecule has 20 heavy (non-hydrogen) atoms. The van der Waals surface area contributed by atoms with Gasteiger partial charge in [0.05, 0.1) is 30.3 Å². The summed E-state index contributed by atoms with van der Waals surface area (Å²) in [5, 5.41) is 12.3. The summed E-state index contributed by atoms with van der Waals surface area (Å²) in [6, 6.07) is 5.85. The molecule has 0 radical (unpaired) electrons. The zero-order chi connectivity index (χ0) is 14.1. The summed E-state index contributed by atoms with van der Waals surface area (Å²) < 4.78 is 5.04. The molecule has 0 bridgehead atoms. The lowest BCUT2D eigenvalue weighted by molar-refractivity contribution is -0.141. The highest BCUT2D eigenvalue weighted by atomic mass is 16.5. The van der Waals surface area contributed by atoms with Gasteiger partial charge in [-0.05, 0) is 24.1 Å². The van der Waals surface area contributed by atoms with Crippen molar-refractivity contribution in [2.45, 2.75) is 12.5 Å². The molecular weight excluding hydrogens is 258 g/mol. The summed E-state index contributed by atoms with van der Waals surface area (Å²) in [6.45, 7) is 0.506. The Morgan fingerprint density at radius 2 is 2.30 bits per heavy atom. The molecule has 0 amide bonds. The minimum Gasteiger partial charge on any atom is -0.481 e. The van der Waals surface area contributed by atoms with Crippen LogP contribution in [0.25, 0.3) is 11.0 Å². The van der Waals surface area contributed by atoms with Gasteiger partial charge >= 0.3 is 5.97 Å². The molecule has 104 valence electrons. The van der Waals surface area contributed by atoms with Crippen molar-refractivity contribution in [3.05, 3.63) is 30.0 Å². The van der Waals surface area contributed by atoms with Crippen LogP contribution in [0.15, 0.2) is 24.4 Å². The second-order valence-electron chi connectivity index (χ2n) is 4.89. The van der Waals surface area contributed by atoms with E-state index in [1.807, 2.05) is 18.2 Å². The Hall–Kier alpha value is -2.21. The molecule has 0 spiro atoms. The number of benzene rings is 1. The minimum atomic E-state index is -0.745. The summed E-state index contributed by atoms with van der Waals surface area (Å²) in [5.74, 6) is -0.585. The fourth-order valence-corrected chi connectivity index (χ4v) is 2.50. The van der Waals surface area contributed by atoms with E-state index in [-0.39, 0.29) is 12.0 Å². The maximum absolute atomic E-state index is 11.0. The number of hydrogen-bond acceptors (Lipinski definition) is 5. The van der Waals surface area contributed by atoms with Crippen LogP contribution in [0.4, 0.5) is 0 Å². The lowest BCUT2D eigenvalue weighted by Gasteiger charge is -2.11. The molecule has 2 unspecified atom stereocenters. The predicted octanol–water partition coefficient (Wildman–Crippen LogP) is 1.37. The Morgan fingerprint density at radius 3 is 3.00 bits per heavy atom. The Morgan fingerprint density at radius 1 is 1.45 bits per heavy atom. The van der Waals surface area contributed by atoms with E-state index in [1.165, 1.54) is 0 Å². The fourth-order valence-electron chi connectivity index (χ4n) is 2.50. The standard InChI is InChI=1S/C14H15N3O3/c1-20-13-7-16-12-4-8(2-3-10(12)17-13)11-5-9(6-15-11)14(18)19/h2-4,7,9,11,15H,5-6H2,1H3,(H,18,19). The molecule has 1 aliphatic rings. The topological polar surface area (TPSA) is 84.3 Å². The van der Waals surface area contributed by atoms with Crippen molar-refractivity contribution in [3.63, 3.8) is 0 Å². The van der Waals surface area contributed by atoms with Gasteiger partial charge in [0, 0.05) is 12.6 Å². The number of carboxylic acids is 1. The van der Waals surface area contributed by atoms with Crippen LogP contribution in [-0.2, 0) is 4.79 Å². The van der Waals surface area contributed by atoms with E-state index in [0.717, 1.165) is 16.6 Å². The van der Waals surface area contributed by atoms with Crippen molar-refractivity contribution in [2.75, 3.05) is 13.7 Å². The van der Waals surface area contributed by atoms with E-state index in [0.29, 0.717) is 18.8 Å². The normalized spacial score (nSPS) is 22.1. The molecule has 0 aliphatic carbocycles. The quantitative estimate of drug-likeness (QED) is 0.878. The van der Waals surface area contributed by atoms with Crippen LogP contribution in [0.3, 0.4) is 0 Å². The SMILES string of the molecule is COc1cnc2cc(C3CC(C(=O)O)CN3)ccc2n1. The summed E-state index contributed by atoms with van der Waals surface area (Å²) in [6.07, 6.45) is 2.18. The molecule has 2 aromatic rings. The summed E-state index contributed by atoms with van der Waals surface area (Å²) in [7, 11) is 1.55. The third-order valence-electron chi connectivity index (χ3n) is 3.64. The van der Waals surface area contributed by atoms with E-state index in [4.69, 9.17) is 9.84 Å². The summed E-state index contributed by atoms with van der Waals surface area (Å²) in [4.78, 5) is 19.6. The average Bonchev–Trinajstić information content (AvgIpc) is 2.96. The molecule has 6 nitrogen and oxygen atoms in total. The molecule has 2 heterocycles. The van der Waals surface area contributed by atoms with Crippen LogP contribution in [0.1, 0.15) is 18.0 Å². The number of methoxy groups -OCH3 is 1. The average molecular weight is 273 g/mol. The number of fused-ring (bicyclic) bond motifs is 1. The first-order valence-corrected chi connectivity index (χ1v) is 6.44. The van der Waals surface area contributed by atoms with Gasteiger partial charge in [-0.15, -0.1) is 0 Å². The lowest BCUT2D eigenvalue weighted by atomic mass is 10.00. The van der Waals surface area contributed by atoms with Gasteiger partial charge in [-0.25, -0.2) is 9.97 Å². The van der Waals surface area contributed by atoms with Crippen LogP contribution in [-0.4, -0.2) is 34.7 Å². The van der Waals surface area contributed by atoms with Crippen molar-refractivity contribution in [1.82, 2.24) is 15.3 Å². The highest BCUT2D eigenvalue weighted by Crippen LogP contribution is 2.28. The Bertz CT molecular complexity index is 659. The lowest BCUT2D eigenvalue weighted by Crippen LogP contribution is -2.17. The number of nitrogens with zero attached hydrogens (tertiary/aromatic N) is 2. The summed E-state index contributed by atoms with van der Waals surface area (Å²) in [5.41, 5.74) is 2.59. The van der Waals surface area contributed by atoms with Crippen LogP contribution in [0, 0.1) is 5.92 Å². The van der Waals surface area contributed by atoms with E-state index >= 15 is 0 Å². The Kier molecular flexibility index (Phi) is 3.23. The number of carboxylic acid groups (broad SMARTS) is 1. The van der Waals surface area contributed by atoms with Crippen molar-refractivity contribution in [2.24, 2.45) is 5.92 Å².